The standard InChI is InChI=1S/C16H17FN4/c1-9-10(2)21(4)16-14(9)15(18-11(3)19-16)20-13-7-5-6-12(17)8-13/h5-8H,1-4H3,(H,18,19,20). The molecule has 2 aromatic heterocycles. The molecule has 0 amide bonds. The molecule has 1 aromatic carbocycles. The Morgan fingerprint density at radius 3 is 2.62 bits per heavy atom. The zero-order valence-corrected chi connectivity index (χ0v) is 12.5. The molecule has 4 nitrogen and oxygen atoms in total. The van der Waals surface area contributed by atoms with E-state index >= 15 is 0 Å². The average Bonchev–Trinajstić information content (AvgIpc) is 2.64. The predicted molar refractivity (Wildman–Crippen MR) is 82.4 cm³/mol. The van der Waals surface area contributed by atoms with E-state index in [9.17, 15) is 4.39 Å². The van der Waals surface area contributed by atoms with E-state index in [2.05, 4.69) is 26.8 Å². The molecule has 0 saturated heterocycles. The van der Waals surface area contributed by atoms with Crippen LogP contribution in [0.25, 0.3) is 11.0 Å². The monoisotopic (exact) mass is 284 g/mol. The largest absolute Gasteiger partial charge is 0.339 e. The molecule has 2 heterocycles. The normalized spacial score (nSPS) is 11.1. The second kappa shape index (κ2) is 4.84. The zero-order chi connectivity index (χ0) is 15.1. The highest BCUT2D eigenvalue weighted by atomic mass is 19.1. The molecular weight excluding hydrogens is 267 g/mol. The van der Waals surface area contributed by atoms with Crippen LogP contribution in [-0.4, -0.2) is 14.5 Å². The number of hydrogen-bond acceptors (Lipinski definition) is 3. The van der Waals surface area contributed by atoms with Gasteiger partial charge in [0.1, 0.15) is 23.1 Å². The maximum atomic E-state index is 13.3. The van der Waals surface area contributed by atoms with Crippen molar-refractivity contribution < 1.29 is 4.39 Å². The quantitative estimate of drug-likeness (QED) is 0.779. The van der Waals surface area contributed by atoms with Gasteiger partial charge in [0.2, 0.25) is 0 Å². The third-order valence-electron chi connectivity index (χ3n) is 3.83. The van der Waals surface area contributed by atoms with Crippen LogP contribution >= 0.6 is 0 Å². The lowest BCUT2D eigenvalue weighted by atomic mass is 10.2. The molecule has 0 fully saturated rings. The summed E-state index contributed by atoms with van der Waals surface area (Å²) in [4.78, 5) is 9.00. The van der Waals surface area contributed by atoms with E-state index in [1.54, 1.807) is 6.07 Å². The van der Waals surface area contributed by atoms with Gasteiger partial charge < -0.3 is 9.88 Å². The summed E-state index contributed by atoms with van der Waals surface area (Å²) in [5, 5.41) is 4.18. The number of benzene rings is 1. The van der Waals surface area contributed by atoms with Crippen LogP contribution in [0.3, 0.4) is 0 Å². The van der Waals surface area contributed by atoms with Crippen molar-refractivity contribution in [2.45, 2.75) is 20.8 Å². The van der Waals surface area contributed by atoms with Crippen LogP contribution < -0.4 is 5.32 Å². The molecule has 0 unspecified atom stereocenters. The fourth-order valence-corrected chi connectivity index (χ4v) is 2.53. The van der Waals surface area contributed by atoms with Gasteiger partial charge in [-0.1, -0.05) is 6.07 Å². The third kappa shape index (κ3) is 2.24. The van der Waals surface area contributed by atoms with Crippen molar-refractivity contribution in [3.8, 4) is 0 Å². The molecule has 21 heavy (non-hydrogen) atoms. The maximum Gasteiger partial charge on any atom is 0.146 e. The van der Waals surface area contributed by atoms with E-state index in [4.69, 9.17) is 0 Å². The van der Waals surface area contributed by atoms with Crippen LogP contribution in [0.5, 0.6) is 0 Å². The lowest BCUT2D eigenvalue weighted by Gasteiger charge is -2.09. The van der Waals surface area contributed by atoms with Gasteiger partial charge in [0, 0.05) is 18.4 Å². The van der Waals surface area contributed by atoms with Crippen molar-refractivity contribution in [3.63, 3.8) is 0 Å². The molecule has 0 spiro atoms. The Balaban J connectivity index is 2.20. The molecule has 0 radical (unpaired) electrons. The summed E-state index contributed by atoms with van der Waals surface area (Å²) in [5.41, 5.74) is 3.84. The number of anilines is 2. The Morgan fingerprint density at radius 2 is 1.90 bits per heavy atom. The Bertz CT molecular complexity index is 836. The number of nitrogens with zero attached hydrogens (tertiary/aromatic N) is 3. The summed E-state index contributed by atoms with van der Waals surface area (Å²) in [6.07, 6.45) is 0. The van der Waals surface area contributed by atoms with Crippen LogP contribution in [-0.2, 0) is 7.05 Å². The fourth-order valence-electron chi connectivity index (χ4n) is 2.53. The maximum absolute atomic E-state index is 13.3. The van der Waals surface area contributed by atoms with Crippen molar-refractivity contribution in [2.24, 2.45) is 7.05 Å². The van der Waals surface area contributed by atoms with Gasteiger partial charge in [0.05, 0.1) is 5.39 Å². The molecule has 3 rings (SSSR count). The van der Waals surface area contributed by atoms with Crippen LogP contribution in [0.2, 0.25) is 0 Å². The summed E-state index contributed by atoms with van der Waals surface area (Å²) >= 11 is 0. The van der Waals surface area contributed by atoms with Crippen molar-refractivity contribution >= 4 is 22.5 Å². The fraction of sp³-hybridized carbons (Fsp3) is 0.250. The molecule has 0 aliphatic carbocycles. The molecule has 0 atom stereocenters. The number of rotatable bonds is 2. The van der Waals surface area contributed by atoms with Crippen LogP contribution in [0.1, 0.15) is 17.1 Å². The average molecular weight is 284 g/mol. The van der Waals surface area contributed by atoms with Gasteiger partial charge in [-0.15, -0.1) is 0 Å². The first-order valence-electron chi connectivity index (χ1n) is 6.80. The van der Waals surface area contributed by atoms with E-state index in [-0.39, 0.29) is 5.82 Å². The molecular formula is C16H17FN4. The van der Waals surface area contributed by atoms with Gasteiger partial charge >= 0.3 is 0 Å². The smallest absolute Gasteiger partial charge is 0.146 e. The summed E-state index contributed by atoms with van der Waals surface area (Å²) in [6.45, 7) is 5.96. The van der Waals surface area contributed by atoms with Gasteiger partial charge in [0.15, 0.2) is 0 Å². The number of aryl methyl sites for hydroxylation is 3. The zero-order valence-electron chi connectivity index (χ0n) is 12.5. The number of halogens is 1. The number of nitrogens with one attached hydrogen (secondary N) is 1. The molecule has 0 aliphatic rings. The highest BCUT2D eigenvalue weighted by molar-refractivity contribution is 5.93. The van der Waals surface area contributed by atoms with E-state index in [1.165, 1.54) is 12.1 Å². The minimum atomic E-state index is -0.275. The Morgan fingerprint density at radius 1 is 1.14 bits per heavy atom. The molecule has 5 heteroatoms. The number of aromatic nitrogens is 3. The first-order valence-corrected chi connectivity index (χ1v) is 6.80. The summed E-state index contributed by atoms with van der Waals surface area (Å²) in [7, 11) is 1.99. The summed E-state index contributed by atoms with van der Waals surface area (Å²) < 4.78 is 15.4. The van der Waals surface area contributed by atoms with E-state index in [0.717, 1.165) is 22.3 Å². The van der Waals surface area contributed by atoms with Crippen molar-refractivity contribution in [1.29, 1.82) is 0 Å². The van der Waals surface area contributed by atoms with E-state index in [1.807, 2.05) is 27.0 Å². The van der Waals surface area contributed by atoms with E-state index in [0.29, 0.717) is 17.3 Å². The molecule has 0 saturated carbocycles. The van der Waals surface area contributed by atoms with Gasteiger partial charge in [-0.3, -0.25) is 0 Å². The lowest BCUT2D eigenvalue weighted by Crippen LogP contribution is -2.00. The summed E-state index contributed by atoms with van der Waals surface area (Å²) in [5.74, 6) is 1.12. The highest BCUT2D eigenvalue weighted by Crippen LogP contribution is 2.30. The Hall–Kier alpha value is -2.43. The Kier molecular flexibility index (Phi) is 3.12. The second-order valence-electron chi connectivity index (χ2n) is 5.22. The van der Waals surface area contributed by atoms with Crippen LogP contribution in [0.15, 0.2) is 24.3 Å². The first-order chi connectivity index (χ1) is 9.97. The number of hydrogen-bond donors (Lipinski definition) is 1. The molecule has 0 aliphatic heterocycles. The molecule has 1 N–H and O–H groups in total. The lowest BCUT2D eigenvalue weighted by molar-refractivity contribution is 0.628. The molecule has 3 aromatic rings. The number of fused-ring (bicyclic) bond motifs is 1. The van der Waals surface area contributed by atoms with Gasteiger partial charge in [-0.2, -0.15) is 0 Å². The first kappa shape index (κ1) is 13.5. The van der Waals surface area contributed by atoms with Crippen molar-refractivity contribution in [2.75, 3.05) is 5.32 Å². The second-order valence-corrected chi connectivity index (χ2v) is 5.22. The van der Waals surface area contributed by atoms with Crippen LogP contribution in [0, 0.1) is 26.6 Å². The van der Waals surface area contributed by atoms with Gasteiger partial charge in [-0.05, 0) is 44.5 Å². The minimum Gasteiger partial charge on any atom is -0.339 e. The predicted octanol–water partition coefficient (Wildman–Crippen LogP) is 3.78. The van der Waals surface area contributed by atoms with Crippen molar-refractivity contribution in [1.82, 2.24) is 14.5 Å². The topological polar surface area (TPSA) is 42.7 Å². The summed E-state index contributed by atoms with van der Waals surface area (Å²) in [6, 6.07) is 6.36. The minimum absolute atomic E-state index is 0.275. The third-order valence-corrected chi connectivity index (χ3v) is 3.83. The van der Waals surface area contributed by atoms with Gasteiger partial charge in [-0.25, -0.2) is 14.4 Å². The van der Waals surface area contributed by atoms with Gasteiger partial charge in [0.25, 0.3) is 0 Å². The highest BCUT2D eigenvalue weighted by Gasteiger charge is 2.15. The molecule has 108 valence electrons. The SMILES string of the molecule is Cc1nc(Nc2cccc(F)c2)c2c(C)c(C)n(C)c2n1. The Labute approximate surface area is 122 Å². The van der Waals surface area contributed by atoms with Crippen LogP contribution in [0.4, 0.5) is 15.9 Å². The van der Waals surface area contributed by atoms with Crippen molar-refractivity contribution in [3.05, 3.63) is 47.2 Å². The van der Waals surface area contributed by atoms with E-state index < -0.39 is 0 Å². The molecule has 0 bridgehead atoms.